The average Bonchev–Trinajstić information content (AvgIpc) is 2.74. The molecule has 1 heterocycles. The third kappa shape index (κ3) is 12.3. The number of aliphatic hydroxyl groups excluding tert-OH is 2. The van der Waals surface area contributed by atoms with Crippen molar-refractivity contribution in [2.24, 2.45) is 5.73 Å². The molecule has 0 aromatic rings. The number of carbonyl (C=O) groups excluding carboxylic acids is 5. The molecule has 212 valence electrons. The van der Waals surface area contributed by atoms with E-state index in [1.54, 1.807) is 20.8 Å². The summed E-state index contributed by atoms with van der Waals surface area (Å²) in [6.07, 6.45) is -4.70. The van der Waals surface area contributed by atoms with Crippen molar-refractivity contribution >= 4 is 29.6 Å². The number of rotatable bonds is 13. The summed E-state index contributed by atoms with van der Waals surface area (Å²) in [6, 6.07) is -2.34. The van der Waals surface area contributed by atoms with Crippen LogP contribution in [0.25, 0.3) is 0 Å². The molecule has 14 nitrogen and oxygen atoms in total. The van der Waals surface area contributed by atoms with Gasteiger partial charge in [0.25, 0.3) is 0 Å². The van der Waals surface area contributed by atoms with E-state index in [0.29, 0.717) is 12.8 Å². The van der Waals surface area contributed by atoms with Crippen molar-refractivity contribution in [1.82, 2.24) is 16.0 Å². The highest BCUT2D eigenvalue weighted by Gasteiger charge is 2.45. The fraction of sp³-hybridized carbons (Fsp3) is 0.783. The molecule has 0 aromatic carbocycles. The first-order chi connectivity index (χ1) is 17.1. The van der Waals surface area contributed by atoms with Crippen LogP contribution in [0, 0.1) is 0 Å². The van der Waals surface area contributed by atoms with E-state index in [1.807, 2.05) is 0 Å². The molecule has 5 unspecified atom stereocenters. The summed E-state index contributed by atoms with van der Waals surface area (Å²) in [5.41, 5.74) is 4.54. The Morgan fingerprint density at radius 2 is 1.68 bits per heavy atom. The van der Waals surface area contributed by atoms with E-state index in [4.69, 9.17) is 19.9 Å². The predicted molar refractivity (Wildman–Crippen MR) is 128 cm³/mol. The maximum Gasteiger partial charge on any atom is 0.306 e. The maximum atomic E-state index is 12.5. The molecule has 14 heteroatoms. The molecule has 4 amide bonds. The minimum atomic E-state index is -1.51. The van der Waals surface area contributed by atoms with Gasteiger partial charge in [-0.25, -0.2) is 0 Å². The Hall–Kier alpha value is -2.81. The zero-order valence-corrected chi connectivity index (χ0v) is 21.9. The van der Waals surface area contributed by atoms with E-state index >= 15 is 0 Å². The van der Waals surface area contributed by atoms with Gasteiger partial charge in [-0.3, -0.25) is 24.0 Å². The van der Waals surface area contributed by atoms with Crippen LogP contribution in [-0.4, -0.2) is 95.2 Å². The van der Waals surface area contributed by atoms with Gasteiger partial charge in [0, 0.05) is 33.4 Å². The molecule has 1 aliphatic heterocycles. The normalized spacial score (nSPS) is 24.5. The highest BCUT2D eigenvalue weighted by atomic mass is 16.7. The molecule has 1 fully saturated rings. The summed E-state index contributed by atoms with van der Waals surface area (Å²) in [5, 5.41) is 28.4. The summed E-state index contributed by atoms with van der Waals surface area (Å²) in [5.74, 6) is -2.95. The van der Waals surface area contributed by atoms with Gasteiger partial charge < -0.3 is 46.1 Å². The first kappa shape index (κ1) is 32.2. The summed E-state index contributed by atoms with van der Waals surface area (Å²) in [6.45, 7) is 7.51. The third-order valence-electron chi connectivity index (χ3n) is 5.12. The number of unbranched alkanes of at least 4 members (excludes halogenated alkanes) is 1. The van der Waals surface area contributed by atoms with Crippen LogP contribution in [0.1, 0.15) is 60.3 Å². The van der Waals surface area contributed by atoms with E-state index < -0.39 is 72.3 Å². The van der Waals surface area contributed by atoms with Crippen LogP contribution in [0.5, 0.6) is 0 Å². The SMILES string of the molecule is CC(=O)NC1C(OCCCCC(=O)OC(C)(C)C)OC(CNC(=O)[C@@H](CC(N)=O)NC(C)=O)C(O)C1O. The van der Waals surface area contributed by atoms with Crippen LogP contribution in [0.15, 0.2) is 0 Å². The largest absolute Gasteiger partial charge is 0.460 e. The molecule has 37 heavy (non-hydrogen) atoms. The summed E-state index contributed by atoms with van der Waals surface area (Å²) in [7, 11) is 0. The topological polar surface area (TPSA) is 216 Å². The number of carbonyl (C=O) groups is 5. The van der Waals surface area contributed by atoms with Crippen LogP contribution >= 0.6 is 0 Å². The van der Waals surface area contributed by atoms with Gasteiger partial charge in [0.15, 0.2) is 6.29 Å². The average molecular weight is 533 g/mol. The number of hydrogen-bond donors (Lipinski definition) is 6. The van der Waals surface area contributed by atoms with Gasteiger partial charge in [-0.2, -0.15) is 0 Å². The summed E-state index contributed by atoms with van der Waals surface area (Å²) in [4.78, 5) is 58.5. The van der Waals surface area contributed by atoms with E-state index in [1.165, 1.54) is 13.8 Å². The Labute approximate surface area is 215 Å². The molecule has 0 bridgehead atoms. The van der Waals surface area contributed by atoms with Gasteiger partial charge in [-0.15, -0.1) is 0 Å². The molecule has 0 aromatic heterocycles. The molecule has 0 saturated carbocycles. The monoisotopic (exact) mass is 532 g/mol. The second-order valence-electron chi connectivity index (χ2n) is 9.83. The number of aliphatic hydroxyl groups is 2. The molecule has 1 saturated heterocycles. The Balaban J connectivity index is 2.75. The smallest absolute Gasteiger partial charge is 0.306 e. The maximum absolute atomic E-state index is 12.5. The van der Waals surface area contributed by atoms with Crippen LogP contribution in [0.4, 0.5) is 0 Å². The number of ether oxygens (including phenoxy) is 3. The quantitative estimate of drug-likeness (QED) is 0.113. The Bertz CT molecular complexity index is 800. The zero-order chi connectivity index (χ0) is 28.3. The lowest BCUT2D eigenvalue weighted by atomic mass is 9.96. The third-order valence-corrected chi connectivity index (χ3v) is 5.12. The van der Waals surface area contributed by atoms with Crippen LogP contribution in [-0.2, 0) is 38.2 Å². The molecular formula is C23H40N4O10. The molecule has 0 spiro atoms. The molecule has 0 aliphatic carbocycles. The molecule has 1 aliphatic rings. The van der Waals surface area contributed by atoms with Crippen LogP contribution < -0.4 is 21.7 Å². The highest BCUT2D eigenvalue weighted by Crippen LogP contribution is 2.23. The summed E-state index contributed by atoms with van der Waals surface area (Å²) < 4.78 is 16.7. The summed E-state index contributed by atoms with van der Waals surface area (Å²) >= 11 is 0. The lowest BCUT2D eigenvalue weighted by Crippen LogP contribution is -2.65. The fourth-order valence-electron chi connectivity index (χ4n) is 3.57. The Morgan fingerprint density at radius 1 is 1.03 bits per heavy atom. The van der Waals surface area contributed by atoms with Crippen molar-refractivity contribution < 1.29 is 48.4 Å². The number of nitrogens with two attached hydrogens (primary N) is 1. The molecule has 1 rings (SSSR count). The lowest BCUT2D eigenvalue weighted by Gasteiger charge is -2.42. The van der Waals surface area contributed by atoms with E-state index in [9.17, 15) is 34.2 Å². The number of esters is 1. The van der Waals surface area contributed by atoms with Crippen molar-refractivity contribution in [2.75, 3.05) is 13.2 Å². The van der Waals surface area contributed by atoms with Crippen molar-refractivity contribution in [3.63, 3.8) is 0 Å². The number of primary amides is 1. The van der Waals surface area contributed by atoms with Crippen molar-refractivity contribution in [3.05, 3.63) is 0 Å². The Kier molecular flexibility index (Phi) is 12.9. The van der Waals surface area contributed by atoms with Gasteiger partial charge in [0.2, 0.25) is 23.6 Å². The van der Waals surface area contributed by atoms with Gasteiger partial charge >= 0.3 is 5.97 Å². The zero-order valence-electron chi connectivity index (χ0n) is 21.9. The Morgan fingerprint density at radius 3 is 2.22 bits per heavy atom. The van der Waals surface area contributed by atoms with E-state index in [2.05, 4.69) is 16.0 Å². The minimum absolute atomic E-state index is 0.106. The predicted octanol–water partition coefficient (Wildman–Crippen LogP) is -2.04. The van der Waals surface area contributed by atoms with Gasteiger partial charge in [0.05, 0.1) is 6.42 Å². The van der Waals surface area contributed by atoms with Gasteiger partial charge in [0.1, 0.15) is 36.0 Å². The number of amides is 4. The number of nitrogens with one attached hydrogen (secondary N) is 3. The minimum Gasteiger partial charge on any atom is -0.460 e. The second-order valence-corrected chi connectivity index (χ2v) is 9.83. The van der Waals surface area contributed by atoms with Crippen LogP contribution in [0.2, 0.25) is 0 Å². The van der Waals surface area contributed by atoms with Gasteiger partial charge in [-0.05, 0) is 33.6 Å². The first-order valence-corrected chi connectivity index (χ1v) is 12.1. The first-order valence-electron chi connectivity index (χ1n) is 12.1. The van der Waals surface area contributed by atoms with Crippen molar-refractivity contribution in [1.29, 1.82) is 0 Å². The molecule has 7 N–H and O–H groups in total. The van der Waals surface area contributed by atoms with Gasteiger partial charge in [-0.1, -0.05) is 0 Å². The lowest BCUT2D eigenvalue weighted by molar-refractivity contribution is -0.263. The van der Waals surface area contributed by atoms with Crippen LogP contribution in [0.3, 0.4) is 0 Å². The van der Waals surface area contributed by atoms with Crippen molar-refractivity contribution in [3.8, 4) is 0 Å². The second kappa shape index (κ2) is 14.8. The molecule has 0 radical (unpaired) electrons. The van der Waals surface area contributed by atoms with Crippen molar-refractivity contribution in [2.45, 2.75) is 103 Å². The van der Waals surface area contributed by atoms with E-state index in [-0.39, 0.29) is 25.5 Å². The molecular weight excluding hydrogens is 492 g/mol. The number of hydrogen-bond acceptors (Lipinski definition) is 10. The standard InChI is InChI=1S/C23H40N4O10/c1-12(28)26-14(10-16(24)30)21(34)25-11-15-19(32)20(33)18(27-13(2)29)22(36-15)35-9-7-6-8-17(31)37-23(3,4)5/h14-15,18-20,22,32-33H,6-11H2,1-5H3,(H2,24,30)(H,25,34)(H,26,28)(H,27,29)/t14-,15?,18?,19?,20?,22?/m1/s1. The molecule has 6 atom stereocenters. The van der Waals surface area contributed by atoms with E-state index in [0.717, 1.165) is 0 Å². The highest BCUT2D eigenvalue weighted by molar-refractivity contribution is 5.91. The fourth-order valence-corrected chi connectivity index (χ4v) is 3.57.